The Labute approximate surface area is 419 Å². The Morgan fingerprint density at radius 2 is 0.559 bits per heavy atom. The normalized spacial score (nSPS) is 11.8. The average Bonchev–Trinajstić information content (AvgIpc) is 3.30. The largest absolute Gasteiger partial charge is 0.462 e. The summed E-state index contributed by atoms with van der Waals surface area (Å²) in [7, 11) is -4.67. The van der Waals surface area contributed by atoms with Gasteiger partial charge < -0.3 is 14.2 Å². The first kappa shape index (κ1) is 67.6. The highest BCUT2D eigenvalue weighted by Crippen LogP contribution is 2.15. The van der Waals surface area contributed by atoms with Crippen LogP contribution in [-0.4, -0.2) is 54.7 Å². The molecule has 0 aromatic carbocycles. The first-order chi connectivity index (χ1) is 33.0. The average molecular weight is 984 g/mol. The molecule has 0 amide bonds. The molecule has 0 fully saturated rings. The van der Waals surface area contributed by atoms with Gasteiger partial charge in [-0.3, -0.25) is 23.5 Å². The van der Waals surface area contributed by atoms with Crippen molar-refractivity contribution in [2.24, 2.45) is 0 Å². The van der Waals surface area contributed by atoms with Crippen molar-refractivity contribution in [1.82, 2.24) is 0 Å². The van der Waals surface area contributed by atoms with E-state index in [1.54, 1.807) is 0 Å². The Morgan fingerprint density at radius 3 is 0.809 bits per heavy atom. The van der Waals surface area contributed by atoms with Crippen molar-refractivity contribution in [3.05, 3.63) is 36.5 Å². The van der Waals surface area contributed by atoms with Crippen molar-refractivity contribution in [3.63, 3.8) is 0 Å². The Morgan fingerprint density at radius 1 is 0.353 bits per heavy atom. The number of unbranched alkanes of at least 4 members (excludes halogenated alkanes) is 33. The monoisotopic (exact) mass is 983 g/mol. The zero-order valence-corrected chi connectivity index (χ0v) is 45.0. The van der Waals surface area contributed by atoms with Crippen molar-refractivity contribution in [2.45, 2.75) is 297 Å². The second-order valence-corrected chi connectivity index (χ2v) is 19.8. The van der Waals surface area contributed by atoms with Crippen LogP contribution < -0.4 is 0 Å². The summed E-state index contributed by atoms with van der Waals surface area (Å²) in [5, 5.41) is 0. The van der Waals surface area contributed by atoms with Gasteiger partial charge in [0.2, 0.25) is 0 Å². The minimum Gasteiger partial charge on any atom is -0.462 e. The van der Waals surface area contributed by atoms with Gasteiger partial charge in [0.1, 0.15) is 13.2 Å². The molecule has 0 saturated carbocycles. The fourth-order valence-electron chi connectivity index (χ4n) is 7.90. The van der Waals surface area contributed by atoms with Gasteiger partial charge in [0.15, 0.2) is 6.10 Å². The van der Waals surface area contributed by atoms with Gasteiger partial charge in [-0.25, -0.2) is 0 Å². The van der Waals surface area contributed by atoms with Crippen LogP contribution in [0.2, 0.25) is 0 Å². The third kappa shape index (κ3) is 63.5. The lowest BCUT2D eigenvalue weighted by Crippen LogP contribution is -2.30. The highest BCUT2D eigenvalue weighted by atomic mass is 32.3. The van der Waals surface area contributed by atoms with E-state index < -0.39 is 16.5 Å². The maximum Gasteiger partial charge on any atom is 0.394 e. The summed E-state index contributed by atoms with van der Waals surface area (Å²) >= 11 is 0. The molecule has 0 aromatic rings. The molecule has 0 unspecified atom stereocenters. The number of carbonyl (C=O) groups excluding carboxylic acids is 3. The molecule has 10 nitrogen and oxygen atoms in total. The van der Waals surface area contributed by atoms with Gasteiger partial charge in [0.05, 0.1) is 0 Å². The molecule has 0 aliphatic rings. The van der Waals surface area contributed by atoms with E-state index >= 15 is 0 Å². The first-order valence-corrected chi connectivity index (χ1v) is 29.6. The van der Waals surface area contributed by atoms with E-state index in [-0.39, 0.29) is 31.1 Å². The topological polar surface area (TPSA) is 153 Å². The van der Waals surface area contributed by atoms with E-state index in [9.17, 15) is 14.4 Å². The van der Waals surface area contributed by atoms with Crippen LogP contribution in [0.3, 0.4) is 0 Å². The van der Waals surface area contributed by atoms with Crippen LogP contribution in [0, 0.1) is 0 Å². The number of hydrogen-bond donors (Lipinski definition) is 2. The summed E-state index contributed by atoms with van der Waals surface area (Å²) in [5.74, 6) is -0.893. The predicted molar refractivity (Wildman–Crippen MR) is 284 cm³/mol. The minimum absolute atomic E-state index is 0.0806. The van der Waals surface area contributed by atoms with Crippen LogP contribution in [0.4, 0.5) is 0 Å². The van der Waals surface area contributed by atoms with Gasteiger partial charge >= 0.3 is 28.3 Å². The third-order valence-electron chi connectivity index (χ3n) is 12.1. The number of carbonyl (C=O) groups is 3. The molecular weight excluding hydrogens is 877 g/mol. The highest BCUT2D eigenvalue weighted by molar-refractivity contribution is 7.79. The van der Waals surface area contributed by atoms with Crippen LogP contribution in [0.1, 0.15) is 290 Å². The fraction of sp³-hybridized carbons (Fsp3) is 0.842. The van der Waals surface area contributed by atoms with Crippen molar-refractivity contribution < 1.29 is 46.1 Å². The van der Waals surface area contributed by atoms with Crippen LogP contribution in [0.5, 0.6) is 0 Å². The van der Waals surface area contributed by atoms with E-state index in [0.717, 1.165) is 77.0 Å². The van der Waals surface area contributed by atoms with Crippen molar-refractivity contribution >= 4 is 28.3 Å². The molecular formula is C57H106O10S. The number of ether oxygens (including phenoxy) is 3. The molecule has 0 aromatic heterocycles. The smallest absolute Gasteiger partial charge is 0.394 e. The summed E-state index contributed by atoms with van der Waals surface area (Å²) < 4.78 is 48.4. The number of hydrogen-bond acceptors (Lipinski definition) is 8. The molecule has 0 radical (unpaired) electrons. The molecule has 400 valence electrons. The Hall–Kier alpha value is -2.50. The standard InChI is InChI=1S/C57H104O6.H2O4S/c1-4-7-10-13-16-19-22-25-28-31-34-37-40-43-46-49-55(58)61-52-54(63-57(60)51-48-45-42-39-36-33-30-27-24-21-18-15-12-9-6-3)53-62-56(59)50-47-44-41-38-35-32-29-26-23-20-17-14-11-8-5-2;1-5(2,3)4/h25-30,54H,4-24,31-53H2,1-3H3;(H2,1,2,3,4)/b28-25-,29-26-,30-27-;. The van der Waals surface area contributed by atoms with Crippen LogP contribution in [0.15, 0.2) is 36.5 Å². The highest BCUT2D eigenvalue weighted by Gasteiger charge is 2.19. The van der Waals surface area contributed by atoms with Gasteiger partial charge in [0, 0.05) is 19.3 Å². The molecule has 0 atom stereocenters. The van der Waals surface area contributed by atoms with Gasteiger partial charge in [-0.05, 0) is 96.3 Å². The van der Waals surface area contributed by atoms with Gasteiger partial charge in [-0.15, -0.1) is 0 Å². The van der Waals surface area contributed by atoms with E-state index in [1.165, 1.54) is 173 Å². The summed E-state index contributed by atoms with van der Waals surface area (Å²) in [6, 6.07) is 0. The molecule has 2 N–H and O–H groups in total. The molecule has 0 saturated heterocycles. The molecule has 68 heavy (non-hydrogen) atoms. The lowest BCUT2D eigenvalue weighted by molar-refractivity contribution is -0.167. The summed E-state index contributed by atoms with van der Waals surface area (Å²) in [5.41, 5.74) is 0. The summed E-state index contributed by atoms with van der Waals surface area (Å²) in [6.07, 6.45) is 61.2. The van der Waals surface area contributed by atoms with Crippen molar-refractivity contribution in [1.29, 1.82) is 0 Å². The molecule has 11 heteroatoms. The Balaban J connectivity index is 0. The second-order valence-electron chi connectivity index (χ2n) is 18.9. The zero-order chi connectivity index (χ0) is 50.3. The maximum atomic E-state index is 12.8. The second kappa shape index (κ2) is 55.4. The van der Waals surface area contributed by atoms with E-state index in [1.807, 2.05) is 0 Å². The number of rotatable bonds is 50. The van der Waals surface area contributed by atoms with Crippen molar-refractivity contribution in [2.75, 3.05) is 13.2 Å². The lowest BCUT2D eigenvalue weighted by atomic mass is 10.1. The SMILES string of the molecule is CCCCCCCC/C=C\CCCCCCCC(=O)OCC(COC(=O)CCCCCCC/C=C\CCCCCCCC)OC(=O)CCCCCCC/C=C\CCCCCCCC.O=S(=O)(O)O. The molecule has 0 rings (SSSR count). The minimum atomic E-state index is -4.67. The van der Waals surface area contributed by atoms with Crippen molar-refractivity contribution in [3.8, 4) is 0 Å². The molecule has 0 bridgehead atoms. The van der Waals surface area contributed by atoms with Gasteiger partial charge in [0.25, 0.3) is 0 Å². The van der Waals surface area contributed by atoms with Gasteiger partial charge in [-0.1, -0.05) is 211 Å². The molecule has 0 aliphatic heterocycles. The van der Waals surface area contributed by atoms with Crippen LogP contribution >= 0.6 is 0 Å². The summed E-state index contributed by atoms with van der Waals surface area (Å²) in [6.45, 7) is 6.63. The number of esters is 3. The first-order valence-electron chi connectivity index (χ1n) is 28.2. The van der Waals surface area contributed by atoms with E-state index in [0.29, 0.717) is 19.3 Å². The molecule has 0 spiro atoms. The Bertz CT molecular complexity index is 1230. The predicted octanol–water partition coefficient (Wildman–Crippen LogP) is 17.4. The van der Waals surface area contributed by atoms with Crippen LogP contribution in [0.25, 0.3) is 0 Å². The van der Waals surface area contributed by atoms with Crippen LogP contribution in [-0.2, 0) is 39.0 Å². The van der Waals surface area contributed by atoms with E-state index in [4.69, 9.17) is 31.7 Å². The fourth-order valence-corrected chi connectivity index (χ4v) is 7.90. The number of allylic oxidation sites excluding steroid dienone is 6. The lowest BCUT2D eigenvalue weighted by Gasteiger charge is -2.18. The molecule has 0 heterocycles. The summed E-state index contributed by atoms with van der Waals surface area (Å²) in [4.78, 5) is 38.0. The maximum absolute atomic E-state index is 12.8. The Kier molecular flexibility index (Phi) is 55.1. The quantitative estimate of drug-likeness (QED) is 0.0198. The van der Waals surface area contributed by atoms with E-state index in [2.05, 4.69) is 57.2 Å². The molecule has 0 aliphatic carbocycles. The third-order valence-corrected chi connectivity index (χ3v) is 12.1. The van der Waals surface area contributed by atoms with Gasteiger partial charge in [-0.2, -0.15) is 8.42 Å². The zero-order valence-electron chi connectivity index (χ0n) is 44.2.